The molecule has 1 aliphatic rings. The van der Waals surface area contributed by atoms with Gasteiger partial charge >= 0.3 is 0 Å². The van der Waals surface area contributed by atoms with Crippen molar-refractivity contribution in [3.63, 3.8) is 0 Å². The standard InChI is InChI=1S/C19H26N6O2/c1-3-24(4-2)19-22-17(20-12-14-8-7-11-26-14)16-18(23-19)25(13-21-16)15-9-5-6-10-27-15/h7-8,11,13,15H,3-6,9-10,12H2,1-2H3,(H,20,22,23). The first-order valence-electron chi connectivity index (χ1n) is 9.67. The highest BCUT2D eigenvalue weighted by Gasteiger charge is 2.22. The van der Waals surface area contributed by atoms with Crippen LogP contribution in [0.5, 0.6) is 0 Å². The molecule has 4 heterocycles. The van der Waals surface area contributed by atoms with Crippen LogP contribution in [0.15, 0.2) is 29.1 Å². The van der Waals surface area contributed by atoms with Crippen LogP contribution in [0.1, 0.15) is 45.1 Å². The maximum absolute atomic E-state index is 5.96. The average molecular weight is 370 g/mol. The highest BCUT2D eigenvalue weighted by atomic mass is 16.5. The molecule has 1 aliphatic heterocycles. The zero-order valence-corrected chi connectivity index (χ0v) is 15.9. The number of anilines is 2. The molecular weight excluding hydrogens is 344 g/mol. The van der Waals surface area contributed by atoms with E-state index >= 15 is 0 Å². The molecule has 0 aromatic carbocycles. The summed E-state index contributed by atoms with van der Waals surface area (Å²) in [5.41, 5.74) is 1.56. The van der Waals surface area contributed by atoms with E-state index in [-0.39, 0.29) is 6.23 Å². The van der Waals surface area contributed by atoms with Gasteiger partial charge in [-0.3, -0.25) is 4.57 Å². The number of fused-ring (bicyclic) bond motifs is 1. The lowest BCUT2D eigenvalue weighted by molar-refractivity contribution is -0.0298. The van der Waals surface area contributed by atoms with Gasteiger partial charge in [0, 0.05) is 19.7 Å². The van der Waals surface area contributed by atoms with Crippen molar-refractivity contribution in [2.45, 2.75) is 45.9 Å². The number of furan rings is 1. The second-order valence-electron chi connectivity index (χ2n) is 6.62. The van der Waals surface area contributed by atoms with E-state index in [9.17, 15) is 0 Å². The summed E-state index contributed by atoms with van der Waals surface area (Å²) in [4.78, 5) is 16.3. The van der Waals surface area contributed by atoms with Crippen LogP contribution < -0.4 is 10.2 Å². The molecule has 0 bridgehead atoms. The van der Waals surface area contributed by atoms with Crippen LogP contribution in [0.2, 0.25) is 0 Å². The Labute approximate surface area is 158 Å². The molecule has 3 aromatic heterocycles. The summed E-state index contributed by atoms with van der Waals surface area (Å²) in [7, 11) is 0. The summed E-state index contributed by atoms with van der Waals surface area (Å²) < 4.78 is 13.4. The van der Waals surface area contributed by atoms with E-state index in [1.165, 1.54) is 0 Å². The van der Waals surface area contributed by atoms with E-state index in [1.807, 2.05) is 23.0 Å². The molecule has 4 rings (SSSR count). The lowest BCUT2D eigenvalue weighted by Crippen LogP contribution is -2.25. The Bertz CT molecular complexity index is 866. The van der Waals surface area contributed by atoms with Gasteiger partial charge in [-0.15, -0.1) is 0 Å². The fourth-order valence-corrected chi connectivity index (χ4v) is 3.41. The third-order valence-corrected chi connectivity index (χ3v) is 4.93. The molecule has 144 valence electrons. The molecule has 0 saturated carbocycles. The van der Waals surface area contributed by atoms with Crippen LogP contribution in [0.3, 0.4) is 0 Å². The Kier molecular flexibility index (Phi) is 5.24. The highest BCUT2D eigenvalue weighted by Crippen LogP contribution is 2.29. The maximum Gasteiger partial charge on any atom is 0.229 e. The molecular formula is C19H26N6O2. The lowest BCUT2D eigenvalue weighted by Gasteiger charge is -2.24. The Hall–Kier alpha value is -2.61. The number of hydrogen-bond acceptors (Lipinski definition) is 7. The highest BCUT2D eigenvalue weighted by molar-refractivity contribution is 5.84. The summed E-state index contributed by atoms with van der Waals surface area (Å²) in [6, 6.07) is 3.81. The molecule has 0 spiro atoms. The Balaban J connectivity index is 1.73. The minimum atomic E-state index is -0.0128. The second kappa shape index (κ2) is 7.96. The van der Waals surface area contributed by atoms with Crippen molar-refractivity contribution in [3.05, 3.63) is 30.5 Å². The first-order chi connectivity index (χ1) is 13.3. The fraction of sp³-hybridized carbons (Fsp3) is 0.526. The molecule has 3 aromatic rings. The van der Waals surface area contributed by atoms with E-state index in [0.29, 0.717) is 18.3 Å². The maximum atomic E-state index is 5.96. The molecule has 0 amide bonds. The number of nitrogens with one attached hydrogen (secondary N) is 1. The molecule has 1 fully saturated rings. The average Bonchev–Trinajstić information content (AvgIpc) is 3.38. The Morgan fingerprint density at radius 3 is 2.85 bits per heavy atom. The van der Waals surface area contributed by atoms with Gasteiger partial charge in [0.1, 0.15) is 12.0 Å². The van der Waals surface area contributed by atoms with Crippen LogP contribution >= 0.6 is 0 Å². The monoisotopic (exact) mass is 370 g/mol. The van der Waals surface area contributed by atoms with Crippen molar-refractivity contribution in [1.82, 2.24) is 19.5 Å². The molecule has 8 nitrogen and oxygen atoms in total. The topological polar surface area (TPSA) is 81.2 Å². The number of ether oxygens (including phenoxy) is 1. The largest absolute Gasteiger partial charge is 0.467 e. The SMILES string of the molecule is CCN(CC)c1nc(NCc2ccco2)c2ncn(C3CCCCO3)c2n1. The van der Waals surface area contributed by atoms with Crippen LogP contribution in [0.4, 0.5) is 11.8 Å². The zero-order valence-electron chi connectivity index (χ0n) is 15.9. The van der Waals surface area contributed by atoms with Crippen molar-refractivity contribution >= 4 is 22.9 Å². The van der Waals surface area contributed by atoms with E-state index in [4.69, 9.17) is 19.1 Å². The summed E-state index contributed by atoms with van der Waals surface area (Å²) in [5, 5.41) is 3.36. The lowest BCUT2D eigenvalue weighted by atomic mass is 10.2. The van der Waals surface area contributed by atoms with Crippen LogP contribution in [-0.2, 0) is 11.3 Å². The van der Waals surface area contributed by atoms with Crippen LogP contribution in [0, 0.1) is 0 Å². The van der Waals surface area contributed by atoms with Crippen molar-refractivity contribution < 1.29 is 9.15 Å². The fourth-order valence-electron chi connectivity index (χ4n) is 3.41. The second-order valence-corrected chi connectivity index (χ2v) is 6.62. The molecule has 0 aliphatic carbocycles. The molecule has 1 atom stereocenters. The summed E-state index contributed by atoms with van der Waals surface area (Å²) in [6.07, 6.45) is 6.72. The van der Waals surface area contributed by atoms with Gasteiger partial charge in [0.05, 0.1) is 19.1 Å². The van der Waals surface area contributed by atoms with E-state index in [0.717, 1.165) is 55.9 Å². The molecule has 1 saturated heterocycles. The van der Waals surface area contributed by atoms with Gasteiger partial charge in [0.25, 0.3) is 0 Å². The summed E-state index contributed by atoms with van der Waals surface area (Å²) in [5.74, 6) is 2.26. The number of imidazole rings is 1. The van der Waals surface area contributed by atoms with E-state index in [1.54, 1.807) is 6.26 Å². The van der Waals surface area contributed by atoms with E-state index in [2.05, 4.69) is 29.0 Å². The first kappa shape index (κ1) is 17.8. The van der Waals surface area contributed by atoms with Crippen LogP contribution in [-0.4, -0.2) is 39.2 Å². The predicted molar refractivity (Wildman–Crippen MR) is 104 cm³/mol. The van der Waals surface area contributed by atoms with Gasteiger partial charge in [0.15, 0.2) is 17.0 Å². The van der Waals surface area contributed by atoms with E-state index < -0.39 is 0 Å². The van der Waals surface area contributed by atoms with Crippen molar-refractivity contribution in [1.29, 1.82) is 0 Å². The molecule has 1 unspecified atom stereocenters. The van der Waals surface area contributed by atoms with Gasteiger partial charge in [-0.05, 0) is 45.2 Å². The normalized spacial score (nSPS) is 17.3. The van der Waals surface area contributed by atoms with Gasteiger partial charge in [-0.1, -0.05) is 0 Å². The third-order valence-electron chi connectivity index (χ3n) is 4.93. The zero-order chi connectivity index (χ0) is 18.6. The first-order valence-corrected chi connectivity index (χ1v) is 9.67. The smallest absolute Gasteiger partial charge is 0.229 e. The van der Waals surface area contributed by atoms with Crippen molar-refractivity contribution in [2.75, 3.05) is 29.9 Å². The van der Waals surface area contributed by atoms with Gasteiger partial charge < -0.3 is 19.4 Å². The van der Waals surface area contributed by atoms with Crippen molar-refractivity contribution in [2.24, 2.45) is 0 Å². The molecule has 8 heteroatoms. The number of nitrogens with zero attached hydrogens (tertiary/aromatic N) is 5. The predicted octanol–water partition coefficient (Wildman–Crippen LogP) is 3.58. The number of rotatable bonds is 7. The quantitative estimate of drug-likeness (QED) is 0.681. The third kappa shape index (κ3) is 3.62. The minimum Gasteiger partial charge on any atom is -0.467 e. The van der Waals surface area contributed by atoms with Gasteiger partial charge in [-0.2, -0.15) is 9.97 Å². The molecule has 27 heavy (non-hydrogen) atoms. The summed E-state index contributed by atoms with van der Waals surface area (Å²) >= 11 is 0. The molecule has 0 radical (unpaired) electrons. The van der Waals surface area contributed by atoms with Crippen molar-refractivity contribution in [3.8, 4) is 0 Å². The molecule has 1 N–H and O–H groups in total. The Morgan fingerprint density at radius 2 is 2.15 bits per heavy atom. The summed E-state index contributed by atoms with van der Waals surface area (Å²) in [6.45, 7) is 7.22. The van der Waals surface area contributed by atoms with Gasteiger partial charge in [-0.25, -0.2) is 4.98 Å². The van der Waals surface area contributed by atoms with Gasteiger partial charge in [0.2, 0.25) is 5.95 Å². The number of aromatic nitrogens is 4. The Morgan fingerprint density at radius 1 is 1.26 bits per heavy atom. The minimum absolute atomic E-state index is 0.0128. The number of hydrogen-bond donors (Lipinski definition) is 1. The van der Waals surface area contributed by atoms with Crippen LogP contribution in [0.25, 0.3) is 11.2 Å².